The first kappa shape index (κ1) is 17.7. The summed E-state index contributed by atoms with van der Waals surface area (Å²) in [6, 6.07) is 2.43. The second kappa shape index (κ2) is 8.81. The maximum absolute atomic E-state index is 6.05. The SMILES string of the molecule is CN(C)C(CN=C(N)N1CCOCC1)c1ccsc1.I. The van der Waals surface area contributed by atoms with Gasteiger partial charge in [0.1, 0.15) is 0 Å². The molecule has 2 rings (SSSR count). The highest BCUT2D eigenvalue weighted by atomic mass is 127. The molecule has 0 amide bonds. The van der Waals surface area contributed by atoms with Gasteiger partial charge in [-0.2, -0.15) is 11.3 Å². The van der Waals surface area contributed by atoms with E-state index in [1.807, 2.05) is 0 Å². The van der Waals surface area contributed by atoms with Crippen LogP contribution in [0.3, 0.4) is 0 Å². The van der Waals surface area contributed by atoms with Crippen molar-refractivity contribution in [2.75, 3.05) is 46.9 Å². The summed E-state index contributed by atoms with van der Waals surface area (Å²) in [5.74, 6) is 0.630. The maximum Gasteiger partial charge on any atom is 0.191 e. The van der Waals surface area contributed by atoms with E-state index in [4.69, 9.17) is 10.5 Å². The molecule has 0 radical (unpaired) electrons. The van der Waals surface area contributed by atoms with Crippen LogP contribution in [0, 0.1) is 0 Å². The highest BCUT2D eigenvalue weighted by molar-refractivity contribution is 14.0. The van der Waals surface area contributed by atoms with Gasteiger partial charge in [0.05, 0.1) is 25.8 Å². The fourth-order valence-electron chi connectivity index (χ4n) is 2.10. The summed E-state index contributed by atoms with van der Waals surface area (Å²) < 4.78 is 5.31. The summed E-state index contributed by atoms with van der Waals surface area (Å²) in [6.07, 6.45) is 0. The Balaban J connectivity index is 0.00000200. The number of ether oxygens (including phenoxy) is 1. The molecular formula is C13H23IN4OS. The smallest absolute Gasteiger partial charge is 0.191 e. The van der Waals surface area contributed by atoms with Crippen LogP contribution in [-0.2, 0) is 4.74 Å². The molecule has 1 unspecified atom stereocenters. The molecule has 20 heavy (non-hydrogen) atoms. The second-order valence-electron chi connectivity index (χ2n) is 4.83. The molecule has 0 aromatic carbocycles. The summed E-state index contributed by atoms with van der Waals surface area (Å²) in [7, 11) is 4.14. The summed E-state index contributed by atoms with van der Waals surface area (Å²) in [5.41, 5.74) is 7.35. The van der Waals surface area contributed by atoms with E-state index in [0.29, 0.717) is 12.5 Å². The third-order valence-corrected chi connectivity index (χ3v) is 4.01. The lowest BCUT2D eigenvalue weighted by atomic mass is 10.1. The minimum atomic E-state index is 0. The Labute approximate surface area is 141 Å². The number of aliphatic imine (C=N–C) groups is 1. The van der Waals surface area contributed by atoms with E-state index in [1.54, 1.807) is 11.3 Å². The fourth-order valence-corrected chi connectivity index (χ4v) is 2.81. The zero-order valence-electron chi connectivity index (χ0n) is 12.0. The van der Waals surface area contributed by atoms with Crippen LogP contribution < -0.4 is 5.73 Å². The van der Waals surface area contributed by atoms with E-state index in [1.165, 1.54) is 5.56 Å². The van der Waals surface area contributed by atoms with Gasteiger partial charge in [-0.15, -0.1) is 24.0 Å². The molecule has 1 aliphatic rings. The first-order chi connectivity index (χ1) is 9.18. The molecular weight excluding hydrogens is 387 g/mol. The van der Waals surface area contributed by atoms with Gasteiger partial charge in [0.2, 0.25) is 0 Å². The number of thiophene rings is 1. The standard InChI is InChI=1S/C13H22N4OS.HI/c1-16(2)12(11-3-8-19-10-11)9-15-13(14)17-4-6-18-7-5-17;/h3,8,10,12H,4-7,9H2,1-2H3,(H2,14,15);1H. The van der Waals surface area contributed by atoms with Crippen LogP contribution in [0.1, 0.15) is 11.6 Å². The van der Waals surface area contributed by atoms with Crippen molar-refractivity contribution in [3.05, 3.63) is 22.4 Å². The van der Waals surface area contributed by atoms with Crippen LogP contribution in [0.25, 0.3) is 0 Å². The molecule has 7 heteroatoms. The number of likely N-dealkylation sites (N-methyl/N-ethyl adjacent to an activating group) is 1. The van der Waals surface area contributed by atoms with Gasteiger partial charge in [-0.05, 0) is 36.5 Å². The number of hydrogen-bond acceptors (Lipinski definition) is 4. The first-order valence-corrected chi connectivity index (χ1v) is 7.44. The predicted molar refractivity (Wildman–Crippen MR) is 95.0 cm³/mol. The van der Waals surface area contributed by atoms with Crippen LogP contribution in [0.5, 0.6) is 0 Å². The van der Waals surface area contributed by atoms with E-state index >= 15 is 0 Å². The fraction of sp³-hybridized carbons (Fsp3) is 0.615. The molecule has 5 nitrogen and oxygen atoms in total. The third kappa shape index (κ3) is 4.87. The Morgan fingerprint density at radius 2 is 2.20 bits per heavy atom. The number of nitrogens with zero attached hydrogens (tertiary/aromatic N) is 3. The largest absolute Gasteiger partial charge is 0.378 e. The normalized spacial score (nSPS) is 17.9. The number of rotatable bonds is 4. The minimum Gasteiger partial charge on any atom is -0.378 e. The molecule has 1 atom stereocenters. The highest BCUT2D eigenvalue weighted by Gasteiger charge is 2.16. The van der Waals surface area contributed by atoms with Crippen molar-refractivity contribution in [2.24, 2.45) is 10.7 Å². The molecule has 0 aliphatic carbocycles. The van der Waals surface area contributed by atoms with Crippen LogP contribution >= 0.6 is 35.3 Å². The quantitative estimate of drug-likeness (QED) is 0.466. The van der Waals surface area contributed by atoms with Gasteiger partial charge < -0.3 is 20.3 Å². The van der Waals surface area contributed by atoms with Gasteiger partial charge in [0.25, 0.3) is 0 Å². The van der Waals surface area contributed by atoms with Gasteiger partial charge >= 0.3 is 0 Å². The Morgan fingerprint density at radius 3 is 2.75 bits per heavy atom. The monoisotopic (exact) mass is 410 g/mol. The summed E-state index contributed by atoms with van der Waals surface area (Å²) in [5, 5.41) is 4.27. The lowest BCUT2D eigenvalue weighted by Crippen LogP contribution is -2.45. The van der Waals surface area contributed by atoms with Crippen molar-refractivity contribution < 1.29 is 4.74 Å². The number of morpholine rings is 1. The summed E-state index contributed by atoms with van der Waals surface area (Å²) in [4.78, 5) is 8.82. The molecule has 0 spiro atoms. The topological polar surface area (TPSA) is 54.1 Å². The zero-order valence-corrected chi connectivity index (χ0v) is 15.1. The van der Waals surface area contributed by atoms with Gasteiger partial charge in [0, 0.05) is 13.1 Å². The first-order valence-electron chi connectivity index (χ1n) is 6.49. The Hall–Kier alpha value is -0.380. The molecule has 1 aromatic heterocycles. The van der Waals surface area contributed by atoms with Crippen LogP contribution in [0.2, 0.25) is 0 Å². The van der Waals surface area contributed by atoms with Crippen molar-refractivity contribution in [3.63, 3.8) is 0 Å². The van der Waals surface area contributed by atoms with E-state index in [2.05, 4.69) is 45.7 Å². The van der Waals surface area contributed by atoms with Crippen molar-refractivity contribution in [1.82, 2.24) is 9.80 Å². The molecule has 2 N–H and O–H groups in total. The van der Waals surface area contributed by atoms with E-state index in [-0.39, 0.29) is 30.0 Å². The Kier molecular flexibility index (Phi) is 7.78. The van der Waals surface area contributed by atoms with Crippen molar-refractivity contribution >= 4 is 41.3 Å². The van der Waals surface area contributed by atoms with Crippen molar-refractivity contribution in [1.29, 1.82) is 0 Å². The molecule has 1 aliphatic heterocycles. The summed E-state index contributed by atoms with van der Waals surface area (Å²) in [6.45, 7) is 3.82. The zero-order chi connectivity index (χ0) is 13.7. The van der Waals surface area contributed by atoms with Gasteiger partial charge in [-0.3, -0.25) is 4.99 Å². The molecule has 2 heterocycles. The van der Waals surface area contributed by atoms with Crippen LogP contribution in [0.15, 0.2) is 21.8 Å². The van der Waals surface area contributed by atoms with Crippen molar-refractivity contribution in [2.45, 2.75) is 6.04 Å². The van der Waals surface area contributed by atoms with Gasteiger partial charge in [-0.25, -0.2) is 0 Å². The molecule has 114 valence electrons. The van der Waals surface area contributed by atoms with Crippen LogP contribution in [0.4, 0.5) is 0 Å². The number of nitrogens with two attached hydrogens (primary N) is 1. The lowest BCUT2D eigenvalue weighted by molar-refractivity contribution is 0.0673. The predicted octanol–water partition coefficient (Wildman–Crippen LogP) is 1.62. The molecule has 0 saturated carbocycles. The van der Waals surface area contributed by atoms with E-state index < -0.39 is 0 Å². The third-order valence-electron chi connectivity index (χ3n) is 3.31. The lowest BCUT2D eigenvalue weighted by Gasteiger charge is -2.28. The summed E-state index contributed by atoms with van der Waals surface area (Å²) >= 11 is 1.71. The maximum atomic E-state index is 6.05. The second-order valence-corrected chi connectivity index (χ2v) is 5.61. The number of halogens is 1. The average molecular weight is 410 g/mol. The van der Waals surface area contributed by atoms with E-state index in [9.17, 15) is 0 Å². The van der Waals surface area contributed by atoms with Crippen molar-refractivity contribution in [3.8, 4) is 0 Å². The Bertz CT molecular complexity index is 405. The molecule has 1 aromatic rings. The van der Waals surface area contributed by atoms with E-state index in [0.717, 1.165) is 26.3 Å². The molecule has 1 saturated heterocycles. The molecule has 1 fully saturated rings. The number of guanidine groups is 1. The Morgan fingerprint density at radius 1 is 1.50 bits per heavy atom. The minimum absolute atomic E-state index is 0. The van der Waals surface area contributed by atoms with Crippen LogP contribution in [-0.4, -0.2) is 62.7 Å². The number of hydrogen-bond donors (Lipinski definition) is 1. The molecule has 0 bridgehead atoms. The van der Waals surface area contributed by atoms with Gasteiger partial charge in [0.15, 0.2) is 5.96 Å². The average Bonchev–Trinajstić information content (AvgIpc) is 2.93. The van der Waals surface area contributed by atoms with Gasteiger partial charge in [-0.1, -0.05) is 0 Å². The highest BCUT2D eigenvalue weighted by Crippen LogP contribution is 2.21.